The molecule has 0 aliphatic carbocycles. The van der Waals surface area contributed by atoms with Crippen LogP contribution in [-0.2, 0) is 22.3 Å². The van der Waals surface area contributed by atoms with E-state index in [0.717, 1.165) is 17.7 Å². The van der Waals surface area contributed by atoms with Crippen molar-refractivity contribution in [1.82, 2.24) is 4.90 Å². The van der Waals surface area contributed by atoms with Crippen LogP contribution in [0.4, 0.5) is 23.2 Å². The van der Waals surface area contributed by atoms with Gasteiger partial charge in [-0.3, -0.25) is 9.59 Å². The summed E-state index contributed by atoms with van der Waals surface area (Å²) in [5, 5.41) is 2.54. The Balaban J connectivity index is 1.59. The van der Waals surface area contributed by atoms with E-state index in [2.05, 4.69) is 5.32 Å². The highest BCUT2D eigenvalue weighted by Crippen LogP contribution is 2.30. The number of hydrogen-bond acceptors (Lipinski definition) is 2. The smallest absolute Gasteiger partial charge is 0.338 e. The highest BCUT2D eigenvalue weighted by molar-refractivity contribution is 5.97. The zero-order valence-electron chi connectivity index (χ0n) is 14.1. The fourth-order valence-electron chi connectivity index (χ4n) is 2.90. The van der Waals surface area contributed by atoms with Gasteiger partial charge in [-0.05, 0) is 42.0 Å². The molecule has 1 atom stereocenters. The molecule has 1 aliphatic heterocycles. The number of halogens is 4. The summed E-state index contributed by atoms with van der Waals surface area (Å²) in [6.45, 7) is 0.464. The van der Waals surface area contributed by atoms with Crippen molar-refractivity contribution in [2.24, 2.45) is 5.92 Å². The molecule has 0 bridgehead atoms. The summed E-state index contributed by atoms with van der Waals surface area (Å²) >= 11 is 0. The largest absolute Gasteiger partial charge is 0.416 e. The molecule has 2 amide bonds. The Bertz CT molecular complexity index is 832. The maximum atomic E-state index is 12.9. The van der Waals surface area contributed by atoms with Crippen LogP contribution >= 0.6 is 0 Å². The fraction of sp³-hybridized carbons (Fsp3) is 0.263. The minimum atomic E-state index is -4.44. The van der Waals surface area contributed by atoms with E-state index in [1.54, 1.807) is 12.1 Å². The van der Waals surface area contributed by atoms with Crippen molar-refractivity contribution < 1.29 is 27.2 Å². The minimum Gasteiger partial charge on any atom is -0.338 e. The molecule has 1 heterocycles. The maximum absolute atomic E-state index is 12.9. The lowest BCUT2D eigenvalue weighted by molar-refractivity contribution is -0.137. The third-order valence-corrected chi connectivity index (χ3v) is 4.35. The molecule has 4 nitrogen and oxygen atoms in total. The second-order valence-electron chi connectivity index (χ2n) is 6.37. The molecule has 0 saturated carbocycles. The van der Waals surface area contributed by atoms with Crippen molar-refractivity contribution in [1.29, 1.82) is 0 Å². The Hall–Kier alpha value is -2.90. The topological polar surface area (TPSA) is 49.4 Å². The molecule has 27 heavy (non-hydrogen) atoms. The summed E-state index contributed by atoms with van der Waals surface area (Å²) in [6, 6.07) is 9.85. The van der Waals surface area contributed by atoms with E-state index >= 15 is 0 Å². The number of hydrogen-bond donors (Lipinski definition) is 1. The Morgan fingerprint density at radius 1 is 1.07 bits per heavy atom. The van der Waals surface area contributed by atoms with Crippen LogP contribution in [0.15, 0.2) is 48.5 Å². The zero-order chi connectivity index (χ0) is 19.6. The van der Waals surface area contributed by atoms with Crippen molar-refractivity contribution in [3.8, 4) is 0 Å². The van der Waals surface area contributed by atoms with Crippen molar-refractivity contribution in [3.05, 3.63) is 65.5 Å². The third kappa shape index (κ3) is 4.64. The molecule has 0 radical (unpaired) electrons. The average molecular weight is 380 g/mol. The van der Waals surface area contributed by atoms with Crippen LogP contribution in [0.2, 0.25) is 0 Å². The molecular weight excluding hydrogens is 364 g/mol. The van der Waals surface area contributed by atoms with Crippen molar-refractivity contribution in [3.63, 3.8) is 0 Å². The third-order valence-electron chi connectivity index (χ3n) is 4.35. The molecule has 1 fully saturated rings. The highest BCUT2D eigenvalue weighted by atomic mass is 19.4. The maximum Gasteiger partial charge on any atom is 0.416 e. The Labute approximate surface area is 152 Å². The van der Waals surface area contributed by atoms with E-state index in [0.29, 0.717) is 0 Å². The summed E-state index contributed by atoms with van der Waals surface area (Å²) in [7, 11) is 0. The molecule has 2 aromatic rings. The summed E-state index contributed by atoms with van der Waals surface area (Å²) < 4.78 is 50.6. The van der Waals surface area contributed by atoms with Crippen LogP contribution in [0.3, 0.4) is 0 Å². The van der Waals surface area contributed by atoms with Gasteiger partial charge in [-0.15, -0.1) is 0 Å². The van der Waals surface area contributed by atoms with Crippen molar-refractivity contribution >= 4 is 17.5 Å². The first-order valence-corrected chi connectivity index (χ1v) is 8.23. The van der Waals surface area contributed by atoms with Gasteiger partial charge in [0, 0.05) is 25.2 Å². The molecule has 1 aliphatic rings. The number of carbonyl (C=O) groups excluding carboxylic acids is 2. The Morgan fingerprint density at radius 2 is 1.70 bits per heavy atom. The number of benzene rings is 2. The monoisotopic (exact) mass is 380 g/mol. The van der Waals surface area contributed by atoms with Gasteiger partial charge in [-0.25, -0.2) is 4.39 Å². The van der Waals surface area contributed by atoms with Gasteiger partial charge in [0.25, 0.3) is 0 Å². The molecule has 2 aromatic carbocycles. The number of alkyl halides is 3. The van der Waals surface area contributed by atoms with Crippen LogP contribution < -0.4 is 5.32 Å². The number of nitrogens with one attached hydrogen (secondary N) is 1. The molecule has 1 N–H and O–H groups in total. The summed E-state index contributed by atoms with van der Waals surface area (Å²) in [4.78, 5) is 25.9. The van der Waals surface area contributed by atoms with E-state index in [9.17, 15) is 27.2 Å². The lowest BCUT2D eigenvalue weighted by atomic mass is 10.1. The second kappa shape index (κ2) is 7.38. The van der Waals surface area contributed by atoms with E-state index in [1.165, 1.54) is 29.2 Å². The SMILES string of the molecule is O=C(Nc1ccc(C(F)(F)F)cc1)C1CC(=O)N(Cc2ccc(F)cc2)C1. The summed E-state index contributed by atoms with van der Waals surface area (Å²) in [5.41, 5.74) is 0.174. The quantitative estimate of drug-likeness (QED) is 0.820. The number of anilines is 1. The molecule has 8 heteroatoms. The first-order chi connectivity index (χ1) is 12.7. The van der Waals surface area contributed by atoms with E-state index < -0.39 is 23.6 Å². The average Bonchev–Trinajstić information content (AvgIpc) is 2.97. The van der Waals surface area contributed by atoms with Gasteiger partial charge < -0.3 is 10.2 Å². The van der Waals surface area contributed by atoms with Crippen LogP contribution in [0.5, 0.6) is 0 Å². The normalized spacial score (nSPS) is 17.3. The number of rotatable bonds is 4. The Kier molecular flexibility index (Phi) is 5.16. The van der Waals surface area contributed by atoms with Gasteiger partial charge in [0.15, 0.2) is 0 Å². The summed E-state index contributed by atoms with van der Waals surface area (Å²) in [6.07, 6.45) is -4.42. The first kappa shape index (κ1) is 18.9. The number of carbonyl (C=O) groups is 2. The molecule has 3 rings (SSSR count). The predicted molar refractivity (Wildman–Crippen MR) is 90.0 cm³/mol. The van der Waals surface area contributed by atoms with Gasteiger partial charge in [-0.1, -0.05) is 12.1 Å². The van der Waals surface area contributed by atoms with Crippen molar-refractivity contribution in [2.75, 3.05) is 11.9 Å². The number of likely N-dealkylation sites (tertiary alicyclic amines) is 1. The lowest BCUT2D eigenvalue weighted by Crippen LogP contribution is -2.28. The molecular formula is C19H16F4N2O2. The van der Waals surface area contributed by atoms with Gasteiger partial charge in [0.2, 0.25) is 11.8 Å². The number of amides is 2. The van der Waals surface area contributed by atoms with Gasteiger partial charge in [0.05, 0.1) is 11.5 Å². The fourth-order valence-corrected chi connectivity index (χ4v) is 2.90. The van der Waals surface area contributed by atoms with E-state index in [4.69, 9.17) is 0 Å². The number of nitrogens with zero attached hydrogens (tertiary/aromatic N) is 1. The van der Waals surface area contributed by atoms with Crippen LogP contribution in [-0.4, -0.2) is 23.3 Å². The van der Waals surface area contributed by atoms with E-state index in [-0.39, 0.29) is 36.9 Å². The first-order valence-electron chi connectivity index (χ1n) is 8.23. The minimum absolute atomic E-state index is 0.0215. The second-order valence-corrected chi connectivity index (χ2v) is 6.37. The van der Waals surface area contributed by atoms with Crippen LogP contribution in [0.1, 0.15) is 17.5 Å². The molecule has 1 unspecified atom stereocenters. The van der Waals surface area contributed by atoms with Crippen molar-refractivity contribution in [2.45, 2.75) is 19.1 Å². The standard InChI is InChI=1S/C19H16F4N2O2/c20-15-5-1-12(2-6-15)10-25-11-13(9-17(25)26)18(27)24-16-7-3-14(4-8-16)19(21,22)23/h1-8,13H,9-11H2,(H,24,27). The lowest BCUT2D eigenvalue weighted by Gasteiger charge is -2.17. The van der Waals surface area contributed by atoms with Crippen LogP contribution in [0, 0.1) is 11.7 Å². The predicted octanol–water partition coefficient (Wildman–Crippen LogP) is 3.83. The zero-order valence-corrected chi connectivity index (χ0v) is 14.1. The molecule has 142 valence electrons. The van der Waals surface area contributed by atoms with Crippen LogP contribution in [0.25, 0.3) is 0 Å². The van der Waals surface area contributed by atoms with Gasteiger partial charge in [-0.2, -0.15) is 13.2 Å². The molecule has 1 saturated heterocycles. The molecule has 0 aromatic heterocycles. The molecule has 0 spiro atoms. The highest BCUT2D eigenvalue weighted by Gasteiger charge is 2.34. The van der Waals surface area contributed by atoms with E-state index in [1.807, 2.05) is 0 Å². The van der Waals surface area contributed by atoms with Gasteiger partial charge >= 0.3 is 6.18 Å². The summed E-state index contributed by atoms with van der Waals surface area (Å²) in [5.74, 6) is -1.60. The Morgan fingerprint density at radius 3 is 2.30 bits per heavy atom. The van der Waals surface area contributed by atoms with Gasteiger partial charge in [0.1, 0.15) is 5.82 Å².